The molecule has 6 heteroatoms. The predicted molar refractivity (Wildman–Crippen MR) is 73.7 cm³/mol. The molecule has 0 amide bonds. The summed E-state index contributed by atoms with van der Waals surface area (Å²) in [5, 5.41) is 0. The fourth-order valence-corrected chi connectivity index (χ4v) is 3.08. The summed E-state index contributed by atoms with van der Waals surface area (Å²) in [4.78, 5) is -0.326. The van der Waals surface area contributed by atoms with Crippen LogP contribution in [0.25, 0.3) is 0 Å². The zero-order valence-corrected chi connectivity index (χ0v) is 12.1. The Morgan fingerprint density at radius 2 is 1.84 bits per heavy atom. The molecule has 0 spiro atoms. The Balaban J connectivity index is 2.90. The van der Waals surface area contributed by atoms with E-state index < -0.39 is 15.8 Å². The third kappa shape index (κ3) is 3.75. The quantitative estimate of drug-likeness (QED) is 0.804. The van der Waals surface area contributed by atoms with Gasteiger partial charge in [-0.2, -0.15) is 0 Å². The van der Waals surface area contributed by atoms with Crippen molar-refractivity contribution in [1.29, 1.82) is 0 Å². The molecular weight excluding hydrogens is 267 g/mol. The maximum atomic E-state index is 13.5. The van der Waals surface area contributed by atoms with Gasteiger partial charge in [0.25, 0.3) is 0 Å². The Hall–Kier alpha value is -0.980. The van der Waals surface area contributed by atoms with E-state index in [0.29, 0.717) is 6.54 Å². The number of hydrogen-bond acceptors (Lipinski definition) is 3. The fourth-order valence-electron chi connectivity index (χ4n) is 1.85. The van der Waals surface area contributed by atoms with E-state index in [1.807, 2.05) is 13.8 Å². The average molecular weight is 288 g/mol. The number of benzene rings is 1. The second-order valence-electron chi connectivity index (χ2n) is 4.67. The molecule has 0 heterocycles. The highest BCUT2D eigenvalue weighted by Gasteiger charge is 2.28. The average Bonchev–Trinajstić information content (AvgIpc) is 2.41. The summed E-state index contributed by atoms with van der Waals surface area (Å²) < 4.78 is 40.1. The lowest BCUT2D eigenvalue weighted by Crippen LogP contribution is -2.41. The van der Waals surface area contributed by atoms with E-state index in [9.17, 15) is 12.8 Å². The highest BCUT2D eigenvalue weighted by molar-refractivity contribution is 7.89. The van der Waals surface area contributed by atoms with E-state index in [-0.39, 0.29) is 16.9 Å². The Labute approximate surface area is 114 Å². The molecule has 0 aliphatic rings. The maximum absolute atomic E-state index is 13.5. The van der Waals surface area contributed by atoms with Gasteiger partial charge in [-0.25, -0.2) is 17.5 Å². The van der Waals surface area contributed by atoms with Crippen molar-refractivity contribution in [2.24, 2.45) is 11.1 Å². The molecule has 1 rings (SSSR count). The van der Waals surface area contributed by atoms with Crippen LogP contribution >= 0.6 is 0 Å². The van der Waals surface area contributed by atoms with Gasteiger partial charge in [0.1, 0.15) is 10.7 Å². The smallest absolute Gasteiger partial charge is 0.243 e. The van der Waals surface area contributed by atoms with Gasteiger partial charge < -0.3 is 5.73 Å². The van der Waals surface area contributed by atoms with Gasteiger partial charge in [-0.05, 0) is 36.9 Å². The van der Waals surface area contributed by atoms with Crippen LogP contribution in [0, 0.1) is 11.2 Å². The van der Waals surface area contributed by atoms with E-state index in [1.165, 1.54) is 18.2 Å². The van der Waals surface area contributed by atoms with Crippen LogP contribution < -0.4 is 10.5 Å². The minimum atomic E-state index is -3.83. The van der Waals surface area contributed by atoms with Crippen molar-refractivity contribution in [3.8, 4) is 0 Å². The molecule has 4 nitrogen and oxygen atoms in total. The molecule has 3 N–H and O–H groups in total. The van der Waals surface area contributed by atoms with Crippen molar-refractivity contribution < 1.29 is 12.8 Å². The van der Waals surface area contributed by atoms with Gasteiger partial charge in [0, 0.05) is 6.54 Å². The molecule has 0 saturated carbocycles. The first-order valence-corrected chi connectivity index (χ1v) is 7.83. The first-order valence-electron chi connectivity index (χ1n) is 6.35. The summed E-state index contributed by atoms with van der Waals surface area (Å²) in [6, 6.07) is 5.33. The standard InChI is InChI=1S/C13H21FN2O2S/c1-3-13(4-2,9-15)10-16-19(17,18)12-8-6-5-7-11(12)14/h5-8,16H,3-4,9-10,15H2,1-2H3. The largest absolute Gasteiger partial charge is 0.330 e. The van der Waals surface area contributed by atoms with Crippen LogP contribution in [-0.4, -0.2) is 21.5 Å². The van der Waals surface area contributed by atoms with Crippen LogP contribution in [0.1, 0.15) is 26.7 Å². The predicted octanol–water partition coefficient (Wildman–Crippen LogP) is 1.87. The van der Waals surface area contributed by atoms with Crippen LogP contribution in [0.5, 0.6) is 0 Å². The van der Waals surface area contributed by atoms with Crippen molar-refractivity contribution >= 4 is 10.0 Å². The van der Waals surface area contributed by atoms with E-state index >= 15 is 0 Å². The molecule has 0 atom stereocenters. The monoisotopic (exact) mass is 288 g/mol. The van der Waals surface area contributed by atoms with Gasteiger partial charge in [-0.15, -0.1) is 0 Å². The van der Waals surface area contributed by atoms with Crippen LogP contribution in [0.3, 0.4) is 0 Å². The van der Waals surface area contributed by atoms with Gasteiger partial charge >= 0.3 is 0 Å². The molecule has 0 fully saturated rings. The summed E-state index contributed by atoms with van der Waals surface area (Å²) in [5.74, 6) is -0.749. The van der Waals surface area contributed by atoms with Gasteiger partial charge in [-0.1, -0.05) is 26.0 Å². The molecule has 19 heavy (non-hydrogen) atoms. The highest BCUT2D eigenvalue weighted by atomic mass is 32.2. The zero-order chi connectivity index (χ0) is 14.5. The van der Waals surface area contributed by atoms with Gasteiger partial charge in [0.2, 0.25) is 10.0 Å². The molecule has 0 bridgehead atoms. The minimum absolute atomic E-state index is 0.215. The summed E-state index contributed by atoms with van der Waals surface area (Å²) >= 11 is 0. The number of hydrogen-bond donors (Lipinski definition) is 2. The van der Waals surface area contributed by atoms with Crippen LogP contribution in [0.2, 0.25) is 0 Å². The Morgan fingerprint density at radius 3 is 2.32 bits per heavy atom. The minimum Gasteiger partial charge on any atom is -0.330 e. The highest BCUT2D eigenvalue weighted by Crippen LogP contribution is 2.24. The molecular formula is C13H21FN2O2S. The Morgan fingerprint density at radius 1 is 1.26 bits per heavy atom. The van der Waals surface area contributed by atoms with Gasteiger partial charge in [0.05, 0.1) is 0 Å². The molecule has 108 valence electrons. The SMILES string of the molecule is CCC(CC)(CN)CNS(=O)(=O)c1ccccc1F. The molecule has 1 aromatic carbocycles. The lowest BCUT2D eigenvalue weighted by molar-refractivity contribution is 0.275. The van der Waals surface area contributed by atoms with Crippen LogP contribution in [0.4, 0.5) is 4.39 Å². The molecule has 0 aromatic heterocycles. The molecule has 0 saturated heterocycles. The van der Waals surface area contributed by atoms with E-state index in [4.69, 9.17) is 5.73 Å². The lowest BCUT2D eigenvalue weighted by atomic mass is 9.83. The normalized spacial score (nSPS) is 12.6. The third-order valence-electron chi connectivity index (χ3n) is 3.70. The maximum Gasteiger partial charge on any atom is 0.243 e. The Kier molecular flexibility index (Phi) is 5.46. The number of halogens is 1. The Bertz CT molecular complexity index is 505. The summed E-state index contributed by atoms with van der Waals surface area (Å²) in [6.07, 6.45) is 1.53. The van der Waals surface area contributed by atoms with Crippen molar-refractivity contribution in [2.45, 2.75) is 31.6 Å². The van der Waals surface area contributed by atoms with Crippen molar-refractivity contribution in [2.75, 3.05) is 13.1 Å². The summed E-state index contributed by atoms with van der Waals surface area (Å²) in [6.45, 7) is 4.54. The van der Waals surface area contributed by atoms with E-state index in [0.717, 1.165) is 18.9 Å². The van der Waals surface area contributed by atoms with Crippen LogP contribution in [0.15, 0.2) is 29.2 Å². The molecule has 0 radical (unpaired) electrons. The summed E-state index contributed by atoms with van der Waals surface area (Å²) in [7, 11) is -3.83. The number of nitrogens with two attached hydrogens (primary N) is 1. The number of nitrogens with one attached hydrogen (secondary N) is 1. The zero-order valence-electron chi connectivity index (χ0n) is 11.3. The van der Waals surface area contributed by atoms with Crippen molar-refractivity contribution in [1.82, 2.24) is 4.72 Å². The first kappa shape index (κ1) is 16.1. The van der Waals surface area contributed by atoms with E-state index in [2.05, 4.69) is 4.72 Å². The number of sulfonamides is 1. The second-order valence-corrected chi connectivity index (χ2v) is 6.40. The van der Waals surface area contributed by atoms with Crippen LogP contribution in [-0.2, 0) is 10.0 Å². The third-order valence-corrected chi connectivity index (χ3v) is 5.13. The second kappa shape index (κ2) is 6.45. The molecule has 0 aliphatic carbocycles. The lowest BCUT2D eigenvalue weighted by Gasteiger charge is -2.30. The van der Waals surface area contributed by atoms with Crippen molar-refractivity contribution in [3.05, 3.63) is 30.1 Å². The number of rotatable bonds is 7. The van der Waals surface area contributed by atoms with E-state index in [1.54, 1.807) is 0 Å². The van der Waals surface area contributed by atoms with Gasteiger partial charge in [0.15, 0.2) is 0 Å². The first-order chi connectivity index (χ1) is 8.90. The van der Waals surface area contributed by atoms with Crippen molar-refractivity contribution in [3.63, 3.8) is 0 Å². The topological polar surface area (TPSA) is 72.2 Å². The van der Waals surface area contributed by atoms with Gasteiger partial charge in [-0.3, -0.25) is 0 Å². The molecule has 0 aliphatic heterocycles. The molecule has 1 aromatic rings. The summed E-state index contributed by atoms with van der Waals surface area (Å²) in [5.41, 5.74) is 5.44. The molecule has 0 unspecified atom stereocenters. The fraction of sp³-hybridized carbons (Fsp3) is 0.538.